The Morgan fingerprint density at radius 1 is 1.39 bits per heavy atom. The molecule has 0 spiro atoms. The van der Waals surface area contributed by atoms with Crippen LogP contribution in [0.25, 0.3) is 0 Å². The van der Waals surface area contributed by atoms with Gasteiger partial charge in [-0.3, -0.25) is 4.79 Å². The van der Waals surface area contributed by atoms with Crippen molar-refractivity contribution in [3.8, 4) is 0 Å². The molecule has 0 fully saturated rings. The van der Waals surface area contributed by atoms with E-state index in [-0.39, 0.29) is 12.5 Å². The van der Waals surface area contributed by atoms with Crippen molar-refractivity contribution in [1.82, 2.24) is 0 Å². The fourth-order valence-corrected chi connectivity index (χ4v) is 2.89. The summed E-state index contributed by atoms with van der Waals surface area (Å²) in [5.74, 6) is -0.120. The minimum absolute atomic E-state index is 0.00525. The molecule has 1 amide bonds. The van der Waals surface area contributed by atoms with Gasteiger partial charge < -0.3 is 10.4 Å². The van der Waals surface area contributed by atoms with Crippen molar-refractivity contribution < 1.29 is 9.90 Å². The van der Waals surface area contributed by atoms with Gasteiger partial charge in [0.05, 0.1) is 15.3 Å². The summed E-state index contributed by atoms with van der Waals surface area (Å²) < 4.78 is 0.975. The SMILES string of the molecule is Cc1cc(C(=O)Nc2ccc(CO)cc2)sc1Br. The Kier molecular flexibility index (Phi) is 4.16. The minimum atomic E-state index is -0.120. The van der Waals surface area contributed by atoms with Gasteiger partial charge in [-0.25, -0.2) is 0 Å². The second-order valence-electron chi connectivity index (χ2n) is 3.88. The minimum Gasteiger partial charge on any atom is -0.392 e. The maximum absolute atomic E-state index is 12.0. The van der Waals surface area contributed by atoms with Gasteiger partial charge in [0.25, 0.3) is 5.91 Å². The molecule has 1 aromatic heterocycles. The topological polar surface area (TPSA) is 49.3 Å². The van der Waals surface area contributed by atoms with Gasteiger partial charge in [-0.1, -0.05) is 12.1 Å². The number of rotatable bonds is 3. The highest BCUT2D eigenvalue weighted by molar-refractivity contribution is 9.11. The molecule has 0 radical (unpaired) electrons. The number of carbonyl (C=O) groups is 1. The summed E-state index contributed by atoms with van der Waals surface area (Å²) in [5.41, 5.74) is 2.60. The molecule has 3 nitrogen and oxygen atoms in total. The Morgan fingerprint density at radius 2 is 2.06 bits per heavy atom. The number of hydrogen-bond acceptors (Lipinski definition) is 3. The van der Waals surface area contributed by atoms with E-state index in [1.165, 1.54) is 11.3 Å². The molecule has 5 heteroatoms. The van der Waals surface area contributed by atoms with Crippen LogP contribution in [-0.4, -0.2) is 11.0 Å². The Hall–Kier alpha value is -1.17. The second kappa shape index (κ2) is 5.65. The molecule has 0 bridgehead atoms. The average Bonchev–Trinajstić information content (AvgIpc) is 2.71. The van der Waals surface area contributed by atoms with Gasteiger partial charge in [0.15, 0.2) is 0 Å². The molecule has 1 aromatic carbocycles. The van der Waals surface area contributed by atoms with Gasteiger partial charge in [0, 0.05) is 5.69 Å². The monoisotopic (exact) mass is 325 g/mol. The van der Waals surface area contributed by atoms with Crippen molar-refractivity contribution >= 4 is 38.9 Å². The number of nitrogens with one attached hydrogen (secondary N) is 1. The zero-order chi connectivity index (χ0) is 13.1. The van der Waals surface area contributed by atoms with Crippen LogP contribution in [0.3, 0.4) is 0 Å². The predicted molar refractivity (Wildman–Crippen MR) is 77.1 cm³/mol. The van der Waals surface area contributed by atoms with E-state index in [0.717, 1.165) is 20.6 Å². The third-order valence-electron chi connectivity index (χ3n) is 2.48. The van der Waals surface area contributed by atoms with E-state index < -0.39 is 0 Å². The van der Waals surface area contributed by atoms with Crippen LogP contribution in [0.5, 0.6) is 0 Å². The van der Waals surface area contributed by atoms with Crippen molar-refractivity contribution in [2.75, 3.05) is 5.32 Å². The Morgan fingerprint density at radius 3 is 2.56 bits per heavy atom. The average molecular weight is 326 g/mol. The van der Waals surface area contributed by atoms with E-state index in [1.807, 2.05) is 13.0 Å². The van der Waals surface area contributed by atoms with Crippen molar-refractivity contribution in [3.05, 3.63) is 50.1 Å². The first-order valence-electron chi connectivity index (χ1n) is 5.37. The molecule has 0 aliphatic rings. The predicted octanol–water partition coefficient (Wildman–Crippen LogP) is 3.56. The molecule has 0 saturated heterocycles. The molecule has 2 N–H and O–H groups in total. The Bertz CT molecular complexity index is 543. The number of aliphatic hydroxyl groups excluding tert-OH is 1. The molecule has 0 aliphatic heterocycles. The van der Waals surface area contributed by atoms with Gasteiger partial charge in [0.1, 0.15) is 0 Å². The van der Waals surface area contributed by atoms with Crippen molar-refractivity contribution in [2.24, 2.45) is 0 Å². The molecule has 2 rings (SSSR count). The fraction of sp³-hybridized carbons (Fsp3) is 0.154. The fourth-order valence-electron chi connectivity index (χ4n) is 1.46. The molecule has 2 aromatic rings. The number of thiophene rings is 1. The molecule has 1 heterocycles. The molecule has 0 saturated carbocycles. The standard InChI is InChI=1S/C13H12BrNO2S/c1-8-6-11(18-12(8)14)13(17)15-10-4-2-9(7-16)3-5-10/h2-6,16H,7H2,1H3,(H,15,17). The highest BCUT2D eigenvalue weighted by Gasteiger charge is 2.11. The Balaban J connectivity index is 2.10. The first-order chi connectivity index (χ1) is 8.60. The number of aliphatic hydroxyl groups is 1. The molecule has 18 heavy (non-hydrogen) atoms. The smallest absolute Gasteiger partial charge is 0.265 e. The first kappa shape index (κ1) is 13.3. The summed E-state index contributed by atoms with van der Waals surface area (Å²) >= 11 is 4.81. The Labute approximate surface area is 118 Å². The number of amides is 1. The highest BCUT2D eigenvalue weighted by Crippen LogP contribution is 2.27. The number of benzene rings is 1. The molecule has 94 valence electrons. The first-order valence-corrected chi connectivity index (χ1v) is 6.98. The summed E-state index contributed by atoms with van der Waals surface area (Å²) in [7, 11) is 0. The van der Waals surface area contributed by atoms with E-state index in [0.29, 0.717) is 4.88 Å². The zero-order valence-corrected chi connectivity index (χ0v) is 12.1. The third-order valence-corrected chi connectivity index (χ3v) is 4.61. The van der Waals surface area contributed by atoms with Crippen LogP contribution >= 0.6 is 27.3 Å². The zero-order valence-electron chi connectivity index (χ0n) is 9.74. The molecular formula is C13H12BrNO2S. The van der Waals surface area contributed by atoms with E-state index >= 15 is 0 Å². The summed E-state index contributed by atoms with van der Waals surface area (Å²) in [6, 6.07) is 8.97. The van der Waals surface area contributed by atoms with Crippen LogP contribution in [-0.2, 0) is 6.61 Å². The van der Waals surface area contributed by atoms with Crippen LogP contribution in [0.15, 0.2) is 34.1 Å². The number of hydrogen-bond donors (Lipinski definition) is 2. The number of aryl methyl sites for hydroxylation is 1. The van der Waals surface area contributed by atoms with Crippen LogP contribution < -0.4 is 5.32 Å². The van der Waals surface area contributed by atoms with Gasteiger partial charge in [0.2, 0.25) is 0 Å². The van der Waals surface area contributed by atoms with Crippen LogP contribution in [0.4, 0.5) is 5.69 Å². The molecular weight excluding hydrogens is 314 g/mol. The van der Waals surface area contributed by atoms with Gasteiger partial charge >= 0.3 is 0 Å². The number of halogens is 1. The summed E-state index contributed by atoms with van der Waals surface area (Å²) in [4.78, 5) is 12.6. The lowest BCUT2D eigenvalue weighted by atomic mass is 10.2. The molecule has 0 aliphatic carbocycles. The normalized spacial score (nSPS) is 10.4. The van der Waals surface area contributed by atoms with Gasteiger partial charge in [-0.05, 0) is 52.2 Å². The molecule has 0 unspecified atom stereocenters. The highest BCUT2D eigenvalue weighted by atomic mass is 79.9. The lowest BCUT2D eigenvalue weighted by molar-refractivity contribution is 0.103. The van der Waals surface area contributed by atoms with Crippen molar-refractivity contribution in [3.63, 3.8) is 0 Å². The van der Waals surface area contributed by atoms with Crippen LogP contribution in [0.2, 0.25) is 0 Å². The summed E-state index contributed by atoms with van der Waals surface area (Å²) in [6.07, 6.45) is 0. The van der Waals surface area contributed by atoms with Crippen molar-refractivity contribution in [1.29, 1.82) is 0 Å². The maximum atomic E-state index is 12.0. The summed E-state index contributed by atoms with van der Waals surface area (Å²) in [5, 5.41) is 11.7. The lowest BCUT2D eigenvalue weighted by Gasteiger charge is -2.04. The van der Waals surface area contributed by atoms with Gasteiger partial charge in [-0.15, -0.1) is 11.3 Å². The lowest BCUT2D eigenvalue weighted by Crippen LogP contribution is -2.09. The summed E-state index contributed by atoms with van der Waals surface area (Å²) in [6.45, 7) is 1.96. The van der Waals surface area contributed by atoms with E-state index in [9.17, 15) is 4.79 Å². The van der Waals surface area contributed by atoms with Crippen LogP contribution in [0.1, 0.15) is 20.8 Å². The largest absolute Gasteiger partial charge is 0.392 e. The van der Waals surface area contributed by atoms with Crippen LogP contribution in [0, 0.1) is 6.92 Å². The maximum Gasteiger partial charge on any atom is 0.265 e. The molecule has 0 atom stereocenters. The number of carbonyl (C=O) groups excluding carboxylic acids is 1. The third kappa shape index (κ3) is 2.98. The van der Waals surface area contributed by atoms with E-state index in [1.54, 1.807) is 24.3 Å². The van der Waals surface area contributed by atoms with E-state index in [2.05, 4.69) is 21.2 Å². The van der Waals surface area contributed by atoms with E-state index in [4.69, 9.17) is 5.11 Å². The number of anilines is 1. The van der Waals surface area contributed by atoms with Gasteiger partial charge in [-0.2, -0.15) is 0 Å². The quantitative estimate of drug-likeness (QED) is 0.906. The second-order valence-corrected chi connectivity index (χ2v) is 6.25. The van der Waals surface area contributed by atoms with Crippen molar-refractivity contribution in [2.45, 2.75) is 13.5 Å².